The second kappa shape index (κ2) is 31.2. The summed E-state index contributed by atoms with van der Waals surface area (Å²) >= 11 is 0. The Morgan fingerprint density at radius 3 is 0.747 bits per heavy atom. The van der Waals surface area contributed by atoms with E-state index in [-0.39, 0.29) is 27.1 Å². The number of methoxy groups -OCH3 is 1. The fourth-order valence-electron chi connectivity index (χ4n) is 11.4. The van der Waals surface area contributed by atoms with Gasteiger partial charge < -0.3 is 13.7 Å². The minimum absolute atomic E-state index is 0.148. The van der Waals surface area contributed by atoms with Crippen LogP contribution in [0.5, 0.6) is 17.2 Å². The fourth-order valence-corrected chi connectivity index (χ4v) is 27.2. The van der Waals surface area contributed by atoms with Gasteiger partial charge in [-0.15, -0.1) is 0 Å². The smallest absolute Gasteiger partial charge is 0.179 e. The highest BCUT2D eigenvalue weighted by atomic mass is 28.4. The van der Waals surface area contributed by atoms with E-state index in [1.165, 1.54) is 54.3 Å². The first kappa shape index (κ1) is 75.0. The van der Waals surface area contributed by atoms with Crippen LogP contribution in [-0.2, 0) is 27.1 Å². The van der Waals surface area contributed by atoms with Crippen molar-refractivity contribution in [3.8, 4) is 17.2 Å². The van der Waals surface area contributed by atoms with Crippen molar-refractivity contribution in [1.29, 1.82) is 0 Å². The zero-order valence-corrected chi connectivity index (χ0v) is 64.9. The molecule has 0 aromatic heterocycles. The van der Waals surface area contributed by atoms with Gasteiger partial charge in [-0.05, 0) is 124 Å². The molecule has 484 valence electrons. The molecular weight excluding hydrogens is 1170 g/mol. The molecule has 7 heteroatoms. The first-order chi connectivity index (χ1) is 42.2. The van der Waals surface area contributed by atoms with Gasteiger partial charge in [0.15, 0.2) is 8.07 Å². The maximum atomic E-state index is 5.75. The first-order valence-electron chi connectivity index (χ1n) is 32.9. The number of rotatable bonds is 11. The summed E-state index contributed by atoms with van der Waals surface area (Å²) in [5.41, 5.74) is 9.37. The van der Waals surface area contributed by atoms with Crippen LogP contribution >= 0.6 is 0 Å². The molecule has 0 saturated heterocycles. The van der Waals surface area contributed by atoms with E-state index < -0.39 is 32.6 Å². The molecule has 0 heterocycles. The minimum Gasteiger partial charge on any atom is -0.497 e. The molecule has 9 aromatic rings. The summed E-state index contributed by atoms with van der Waals surface area (Å²) < 4.78 is 13.6. The zero-order chi connectivity index (χ0) is 67.9. The summed E-state index contributed by atoms with van der Waals surface area (Å²) in [6, 6.07) is 87.5. The maximum absolute atomic E-state index is 5.75. The van der Waals surface area contributed by atoms with Crippen molar-refractivity contribution < 1.29 is 9.47 Å². The van der Waals surface area contributed by atoms with Crippen LogP contribution < -0.4 is 39.6 Å². The van der Waals surface area contributed by atoms with E-state index in [0.29, 0.717) is 0 Å². The number of benzene rings is 9. The SMILES string of the molecule is CC(C)(C)c1ccc(N([Si](C)(C)C)[Si](C)(C)C)cc1.CC(C)(C)c1ccc(Oc2ccccc2)cc1.CC(C)(C)c1ccc([Si](C)(C)C)cc1.CC(C)(C)c1ccc([Si](c2ccccc2)(c2ccccc2)c2ccccc2)cc1.COc1ccc(C(C)(C)C)cc1. The standard InChI is InChI=1S/C28H28Si.C16H31NSi2.C16H18O.C13H22Si.C11H16O/c1-28(2,3)23-19-21-27(22-20-23)29(24-13-7-4-8-14-24,25-15-9-5-10-16-25)26-17-11-6-12-18-26;1-16(2,3)14-10-12-15(13-11-14)17(18(4,5)6)19(7,8)9;1-16(2,3)13-9-11-15(12-10-13)17-14-7-5-4-6-8-14;1-13(2,3)11-7-9-12(10-8-11)14(4,5)6;1-11(2,3)9-5-7-10(12-4)8-6-9/h4-22H,1-3H3;10-13H,1-9H3;4-12H,1-3H3;7-10H,1-6H3;5-8H,1-4H3. The van der Waals surface area contributed by atoms with Crippen molar-refractivity contribution >= 4 is 64.2 Å². The van der Waals surface area contributed by atoms with Crippen molar-refractivity contribution in [3.05, 3.63) is 270 Å². The number of nitrogens with zero attached hydrogens (tertiary/aromatic N) is 1. The Labute approximate surface area is 559 Å². The molecule has 9 aromatic carbocycles. The highest BCUT2D eigenvalue weighted by Gasteiger charge is 2.41. The lowest BCUT2D eigenvalue weighted by molar-refractivity contribution is 0.414. The number of anilines is 1. The number of para-hydroxylation sites is 1. The third kappa shape index (κ3) is 22.2. The zero-order valence-electron chi connectivity index (χ0n) is 60.9. The molecule has 0 amide bonds. The normalized spacial score (nSPS) is 12.2. The summed E-state index contributed by atoms with van der Waals surface area (Å²) in [5, 5.41) is 7.22. The van der Waals surface area contributed by atoms with Crippen LogP contribution in [0.4, 0.5) is 5.69 Å². The lowest BCUT2D eigenvalue weighted by Gasteiger charge is -2.46. The molecule has 0 atom stereocenters. The van der Waals surface area contributed by atoms with Crippen molar-refractivity contribution in [2.75, 3.05) is 11.3 Å². The molecule has 0 radical (unpaired) electrons. The monoisotopic (exact) mass is 1280 g/mol. The van der Waals surface area contributed by atoms with Gasteiger partial charge in [0.2, 0.25) is 0 Å². The summed E-state index contributed by atoms with van der Waals surface area (Å²) in [7, 11) is -4.47. The van der Waals surface area contributed by atoms with Crippen LogP contribution in [0, 0.1) is 0 Å². The number of hydrogen-bond donors (Lipinski definition) is 0. The Hall–Kier alpha value is -6.75. The molecular formula is C84H115NO2Si4. The predicted octanol–water partition coefficient (Wildman–Crippen LogP) is 21.1. The number of ether oxygens (including phenoxy) is 2. The van der Waals surface area contributed by atoms with Gasteiger partial charge >= 0.3 is 0 Å². The lowest BCUT2D eigenvalue weighted by Crippen LogP contribution is -2.74. The van der Waals surface area contributed by atoms with Gasteiger partial charge in [0.05, 0.1) is 15.2 Å². The van der Waals surface area contributed by atoms with Crippen LogP contribution in [0.2, 0.25) is 58.9 Å². The molecule has 0 N–H and O–H groups in total. The van der Waals surface area contributed by atoms with Crippen molar-refractivity contribution in [2.24, 2.45) is 0 Å². The number of hydrogen-bond acceptors (Lipinski definition) is 3. The molecule has 0 saturated carbocycles. The summed E-state index contributed by atoms with van der Waals surface area (Å²) in [6.07, 6.45) is 0. The van der Waals surface area contributed by atoms with Gasteiger partial charge in [-0.3, -0.25) is 0 Å². The van der Waals surface area contributed by atoms with E-state index >= 15 is 0 Å². The Balaban J connectivity index is 0.000000215. The highest BCUT2D eigenvalue weighted by molar-refractivity contribution is 7.19. The predicted molar refractivity (Wildman–Crippen MR) is 415 cm³/mol. The van der Waals surface area contributed by atoms with E-state index in [1.807, 2.05) is 54.6 Å². The van der Waals surface area contributed by atoms with Crippen LogP contribution in [0.1, 0.15) is 132 Å². The van der Waals surface area contributed by atoms with Crippen LogP contribution in [0.25, 0.3) is 0 Å². The van der Waals surface area contributed by atoms with E-state index in [0.717, 1.165) is 17.2 Å². The molecule has 0 bridgehead atoms. The molecule has 9 rings (SSSR count). The van der Waals surface area contributed by atoms with E-state index in [4.69, 9.17) is 9.47 Å². The van der Waals surface area contributed by atoms with Crippen LogP contribution in [0.15, 0.2) is 243 Å². The average Bonchev–Trinajstić information content (AvgIpc) is 0.746. The third-order valence-electron chi connectivity index (χ3n) is 16.4. The van der Waals surface area contributed by atoms with Crippen molar-refractivity contribution in [2.45, 2.75) is 190 Å². The quantitative estimate of drug-likeness (QED) is 0.0952. The van der Waals surface area contributed by atoms with Gasteiger partial charge in [0, 0.05) is 5.69 Å². The highest BCUT2D eigenvalue weighted by Crippen LogP contribution is 2.32. The molecule has 0 aliphatic carbocycles. The average molecular weight is 1280 g/mol. The minimum atomic E-state index is -2.38. The third-order valence-corrected chi connectivity index (χ3v) is 30.5. The van der Waals surface area contributed by atoms with Gasteiger partial charge in [-0.25, -0.2) is 0 Å². The molecule has 0 aliphatic rings. The maximum Gasteiger partial charge on any atom is 0.179 e. The summed E-state index contributed by atoms with van der Waals surface area (Å²) in [4.78, 5) is 0. The molecule has 3 nitrogen and oxygen atoms in total. The van der Waals surface area contributed by atoms with Crippen molar-refractivity contribution in [3.63, 3.8) is 0 Å². The Morgan fingerprint density at radius 1 is 0.253 bits per heavy atom. The fraction of sp³-hybridized carbons (Fsp3) is 0.357. The Morgan fingerprint density at radius 2 is 0.484 bits per heavy atom. The van der Waals surface area contributed by atoms with Gasteiger partial charge in [-0.2, -0.15) is 0 Å². The van der Waals surface area contributed by atoms with Crippen molar-refractivity contribution in [1.82, 2.24) is 0 Å². The summed E-state index contributed by atoms with van der Waals surface area (Å²) in [5.74, 6) is 2.67. The van der Waals surface area contributed by atoms with Crippen LogP contribution in [-0.4, -0.2) is 39.7 Å². The first-order valence-corrected chi connectivity index (χ1v) is 45.3. The lowest BCUT2D eigenvalue weighted by atomic mass is 9.87. The van der Waals surface area contributed by atoms with E-state index in [9.17, 15) is 0 Å². The van der Waals surface area contributed by atoms with Gasteiger partial charge in [0.1, 0.15) is 33.7 Å². The van der Waals surface area contributed by atoms with Gasteiger partial charge in [0.25, 0.3) is 0 Å². The van der Waals surface area contributed by atoms with Crippen LogP contribution in [0.3, 0.4) is 0 Å². The Kier molecular flexibility index (Phi) is 25.7. The summed E-state index contributed by atoms with van der Waals surface area (Å²) in [6.45, 7) is 55.5. The largest absolute Gasteiger partial charge is 0.497 e. The molecule has 0 aliphatic heterocycles. The molecule has 91 heavy (non-hydrogen) atoms. The van der Waals surface area contributed by atoms with Gasteiger partial charge in [-0.1, -0.05) is 362 Å². The molecule has 0 unspecified atom stereocenters. The topological polar surface area (TPSA) is 21.7 Å². The molecule has 0 spiro atoms. The Bertz CT molecular complexity index is 3390. The second-order valence-corrected chi connectivity index (χ2v) is 51.3. The van der Waals surface area contributed by atoms with E-state index in [1.54, 1.807) is 12.3 Å². The second-order valence-electron chi connectivity index (χ2n) is 32.4. The molecule has 0 fully saturated rings. The van der Waals surface area contributed by atoms with E-state index in [2.05, 4.69) is 355 Å².